The van der Waals surface area contributed by atoms with E-state index in [1.807, 2.05) is 0 Å². The molecule has 0 spiro atoms. The van der Waals surface area contributed by atoms with Gasteiger partial charge in [0.1, 0.15) is 6.33 Å². The molecular formula is C11H15ClN2O2S. The molecule has 1 aliphatic rings. The number of fused-ring (bicyclic) bond motifs is 1. The predicted molar refractivity (Wildman–Crippen MR) is 66.0 cm³/mol. The van der Waals surface area contributed by atoms with Crippen LogP contribution in [-0.4, -0.2) is 29.5 Å². The topological polar surface area (TPSA) is 59.9 Å². The van der Waals surface area contributed by atoms with Crippen molar-refractivity contribution in [2.24, 2.45) is 0 Å². The van der Waals surface area contributed by atoms with Crippen LogP contribution in [0.15, 0.2) is 11.4 Å². The summed E-state index contributed by atoms with van der Waals surface area (Å²) in [5.41, 5.74) is 1.68. The summed E-state index contributed by atoms with van der Waals surface area (Å²) >= 11 is 5.65. The molecule has 0 aromatic carbocycles. The van der Waals surface area contributed by atoms with Crippen LogP contribution in [0.4, 0.5) is 0 Å². The summed E-state index contributed by atoms with van der Waals surface area (Å²) in [6.07, 6.45) is 5.00. The molecule has 0 saturated carbocycles. The van der Waals surface area contributed by atoms with Crippen LogP contribution >= 0.6 is 11.6 Å². The van der Waals surface area contributed by atoms with Gasteiger partial charge in [0.2, 0.25) is 0 Å². The van der Waals surface area contributed by atoms with Crippen molar-refractivity contribution in [3.05, 3.63) is 17.6 Å². The molecule has 0 radical (unpaired) electrons. The molecule has 4 nitrogen and oxygen atoms in total. The lowest BCUT2D eigenvalue weighted by molar-refractivity contribution is 0.574. The second-order valence-corrected chi connectivity index (χ2v) is 6.91. The minimum Gasteiger partial charge on any atom is -0.241 e. The van der Waals surface area contributed by atoms with E-state index in [4.69, 9.17) is 11.6 Å². The zero-order valence-corrected chi connectivity index (χ0v) is 11.3. The van der Waals surface area contributed by atoms with Crippen molar-refractivity contribution in [3.63, 3.8) is 0 Å². The molecule has 1 aliphatic carbocycles. The van der Waals surface area contributed by atoms with Crippen molar-refractivity contribution in [3.8, 4) is 0 Å². The van der Waals surface area contributed by atoms with Crippen molar-refractivity contribution in [1.82, 2.24) is 9.97 Å². The van der Waals surface area contributed by atoms with Gasteiger partial charge in [-0.25, -0.2) is 18.4 Å². The maximum Gasteiger partial charge on any atom is 0.199 e. The molecule has 94 valence electrons. The lowest BCUT2D eigenvalue weighted by Gasteiger charge is -2.18. The molecular weight excluding hydrogens is 260 g/mol. The Hall–Kier alpha value is -0.680. The fourth-order valence-electron chi connectivity index (χ4n) is 2.01. The summed E-state index contributed by atoms with van der Waals surface area (Å²) in [6, 6.07) is 0. The van der Waals surface area contributed by atoms with Gasteiger partial charge in [-0.2, -0.15) is 0 Å². The van der Waals surface area contributed by atoms with Crippen molar-refractivity contribution in [2.45, 2.75) is 42.9 Å². The number of alkyl halides is 1. The number of aromatic nitrogens is 2. The number of rotatable bonds is 3. The van der Waals surface area contributed by atoms with Crippen LogP contribution < -0.4 is 0 Å². The summed E-state index contributed by atoms with van der Waals surface area (Å²) < 4.78 is 24.5. The standard InChI is InChI=1S/C11H15ClN2O2S/c1-8(6-12)17(15,16)11-9-4-2-3-5-10(9)13-7-14-11/h7-8H,2-6H2,1H3. The van der Waals surface area contributed by atoms with Gasteiger partial charge >= 0.3 is 0 Å². The first-order chi connectivity index (χ1) is 8.07. The van der Waals surface area contributed by atoms with Crippen LogP contribution in [0, 0.1) is 0 Å². The fraction of sp³-hybridized carbons (Fsp3) is 0.636. The Labute approximate surface area is 106 Å². The Morgan fingerprint density at radius 1 is 1.35 bits per heavy atom. The SMILES string of the molecule is CC(CCl)S(=O)(=O)c1ncnc2c1CCCC2. The maximum absolute atomic E-state index is 12.3. The van der Waals surface area contributed by atoms with Crippen molar-refractivity contribution in [2.75, 3.05) is 5.88 Å². The molecule has 0 fully saturated rings. The van der Waals surface area contributed by atoms with Gasteiger partial charge in [0.15, 0.2) is 14.9 Å². The summed E-state index contributed by atoms with van der Waals surface area (Å²) in [4.78, 5) is 8.15. The molecule has 1 aromatic rings. The van der Waals surface area contributed by atoms with Crippen molar-refractivity contribution in [1.29, 1.82) is 0 Å². The number of aryl methyl sites for hydroxylation is 1. The van der Waals surface area contributed by atoms with Crippen LogP contribution in [0.3, 0.4) is 0 Å². The number of sulfone groups is 1. The quantitative estimate of drug-likeness (QED) is 0.622. The van der Waals surface area contributed by atoms with Crippen LogP contribution in [0.25, 0.3) is 0 Å². The van der Waals surface area contributed by atoms with E-state index in [-0.39, 0.29) is 10.9 Å². The molecule has 0 aliphatic heterocycles. The van der Waals surface area contributed by atoms with Crippen molar-refractivity contribution >= 4 is 21.4 Å². The molecule has 6 heteroatoms. The molecule has 1 aromatic heterocycles. The largest absolute Gasteiger partial charge is 0.241 e. The average Bonchev–Trinajstić information content (AvgIpc) is 2.37. The Morgan fingerprint density at radius 3 is 2.76 bits per heavy atom. The summed E-state index contributed by atoms with van der Waals surface area (Å²) in [7, 11) is -3.41. The first-order valence-corrected chi connectivity index (χ1v) is 7.78. The van der Waals surface area contributed by atoms with E-state index in [0.29, 0.717) is 0 Å². The van der Waals surface area contributed by atoms with E-state index >= 15 is 0 Å². The number of hydrogen-bond donors (Lipinski definition) is 0. The lowest BCUT2D eigenvalue weighted by Crippen LogP contribution is -2.24. The van der Waals surface area contributed by atoms with Crippen molar-refractivity contribution < 1.29 is 8.42 Å². The lowest BCUT2D eigenvalue weighted by atomic mass is 9.98. The molecule has 2 rings (SSSR count). The van der Waals surface area contributed by atoms with Crippen LogP contribution in [0.5, 0.6) is 0 Å². The van der Waals surface area contributed by atoms with Gasteiger partial charge in [0, 0.05) is 17.1 Å². The highest BCUT2D eigenvalue weighted by Gasteiger charge is 2.29. The number of hydrogen-bond acceptors (Lipinski definition) is 4. The highest BCUT2D eigenvalue weighted by molar-refractivity contribution is 7.92. The van der Waals surface area contributed by atoms with E-state index in [0.717, 1.165) is 36.9 Å². The Morgan fingerprint density at radius 2 is 2.06 bits per heavy atom. The van der Waals surface area contributed by atoms with Gasteiger partial charge in [0.05, 0.1) is 5.25 Å². The van der Waals surface area contributed by atoms with Crippen LogP contribution in [-0.2, 0) is 22.7 Å². The van der Waals surface area contributed by atoms with E-state index in [9.17, 15) is 8.42 Å². The molecule has 0 amide bonds. The zero-order chi connectivity index (χ0) is 12.5. The Kier molecular flexibility index (Phi) is 3.68. The highest BCUT2D eigenvalue weighted by atomic mass is 35.5. The molecule has 17 heavy (non-hydrogen) atoms. The monoisotopic (exact) mass is 274 g/mol. The molecule has 1 unspecified atom stereocenters. The van der Waals surface area contributed by atoms with Gasteiger partial charge in [0.25, 0.3) is 0 Å². The number of halogens is 1. The van der Waals surface area contributed by atoms with Crippen LogP contribution in [0.1, 0.15) is 31.0 Å². The minimum atomic E-state index is -3.41. The first kappa shape index (κ1) is 12.8. The summed E-state index contributed by atoms with van der Waals surface area (Å²) in [5, 5.41) is -0.416. The highest BCUT2D eigenvalue weighted by Crippen LogP contribution is 2.26. The Bertz CT molecular complexity index is 516. The second kappa shape index (κ2) is 4.90. The molecule has 1 heterocycles. The third-order valence-corrected chi connectivity index (χ3v) is 5.86. The first-order valence-electron chi connectivity index (χ1n) is 5.70. The number of nitrogens with zero attached hydrogens (tertiary/aromatic N) is 2. The Balaban J connectivity index is 2.53. The maximum atomic E-state index is 12.3. The van der Waals surface area contributed by atoms with E-state index in [1.54, 1.807) is 6.92 Å². The zero-order valence-electron chi connectivity index (χ0n) is 9.69. The smallest absolute Gasteiger partial charge is 0.199 e. The normalized spacial score (nSPS) is 17.5. The van der Waals surface area contributed by atoms with E-state index in [1.165, 1.54) is 6.33 Å². The summed E-state index contributed by atoms with van der Waals surface area (Å²) in [5.74, 6) is 0.0844. The second-order valence-electron chi connectivity index (χ2n) is 4.32. The molecule has 0 bridgehead atoms. The van der Waals surface area contributed by atoms with Gasteiger partial charge in [-0.1, -0.05) is 0 Å². The van der Waals surface area contributed by atoms with Gasteiger partial charge in [-0.3, -0.25) is 0 Å². The fourth-order valence-corrected chi connectivity index (χ4v) is 3.81. The van der Waals surface area contributed by atoms with Gasteiger partial charge in [-0.15, -0.1) is 11.6 Å². The third kappa shape index (κ3) is 2.31. The van der Waals surface area contributed by atoms with Crippen LogP contribution in [0.2, 0.25) is 0 Å². The molecule has 0 N–H and O–H groups in total. The minimum absolute atomic E-state index is 0.0844. The van der Waals surface area contributed by atoms with E-state index < -0.39 is 15.1 Å². The van der Waals surface area contributed by atoms with Gasteiger partial charge in [-0.05, 0) is 32.6 Å². The van der Waals surface area contributed by atoms with Gasteiger partial charge < -0.3 is 0 Å². The molecule has 0 saturated heterocycles. The van der Waals surface area contributed by atoms with E-state index in [2.05, 4.69) is 9.97 Å². The average molecular weight is 275 g/mol. The summed E-state index contributed by atoms with van der Waals surface area (Å²) in [6.45, 7) is 1.61. The predicted octanol–water partition coefficient (Wildman–Crippen LogP) is 1.76. The molecule has 1 atom stereocenters. The third-order valence-electron chi connectivity index (χ3n) is 3.10.